The van der Waals surface area contributed by atoms with Gasteiger partial charge in [-0.25, -0.2) is 0 Å². The van der Waals surface area contributed by atoms with Crippen LogP contribution in [0.1, 0.15) is 38.8 Å². The SMILES string of the molecule is CC1(C)OC1Cc1ccc2c(CC3OC3(C)C)c[nH]c2c1. The fourth-order valence-corrected chi connectivity index (χ4v) is 3.18. The number of fused-ring (bicyclic) bond motifs is 1. The number of epoxide rings is 2. The predicted molar refractivity (Wildman–Crippen MR) is 83.6 cm³/mol. The first-order chi connectivity index (χ1) is 9.85. The predicted octanol–water partition coefficient (Wildman–Crippen LogP) is 3.61. The molecule has 0 saturated carbocycles. The summed E-state index contributed by atoms with van der Waals surface area (Å²) in [5.74, 6) is 0. The van der Waals surface area contributed by atoms with Crippen LogP contribution in [0.5, 0.6) is 0 Å². The van der Waals surface area contributed by atoms with E-state index in [0.717, 1.165) is 12.8 Å². The van der Waals surface area contributed by atoms with Crippen molar-refractivity contribution in [3.8, 4) is 0 Å². The van der Waals surface area contributed by atoms with E-state index in [1.54, 1.807) is 0 Å². The van der Waals surface area contributed by atoms with Gasteiger partial charge in [0, 0.05) is 29.9 Å². The molecule has 0 aliphatic carbocycles. The van der Waals surface area contributed by atoms with Crippen molar-refractivity contribution in [1.82, 2.24) is 4.98 Å². The van der Waals surface area contributed by atoms with Gasteiger partial charge in [0.2, 0.25) is 0 Å². The fraction of sp³-hybridized carbons (Fsp3) is 0.556. The molecule has 2 unspecified atom stereocenters. The third kappa shape index (κ3) is 2.39. The molecule has 2 fully saturated rings. The van der Waals surface area contributed by atoms with Gasteiger partial charge in [-0.05, 0) is 44.9 Å². The van der Waals surface area contributed by atoms with Crippen LogP contribution in [0, 0.1) is 0 Å². The molecule has 2 aromatic rings. The van der Waals surface area contributed by atoms with Crippen LogP contribution in [0.2, 0.25) is 0 Å². The second-order valence-electron chi connectivity index (χ2n) is 7.52. The summed E-state index contributed by atoms with van der Waals surface area (Å²) in [5, 5.41) is 1.32. The molecule has 3 nitrogen and oxygen atoms in total. The van der Waals surface area contributed by atoms with Crippen molar-refractivity contribution < 1.29 is 9.47 Å². The van der Waals surface area contributed by atoms with Crippen molar-refractivity contribution in [3.05, 3.63) is 35.5 Å². The average Bonchev–Trinajstić information content (AvgIpc) is 3.11. The van der Waals surface area contributed by atoms with Crippen LogP contribution >= 0.6 is 0 Å². The van der Waals surface area contributed by atoms with E-state index < -0.39 is 0 Å². The number of aromatic nitrogens is 1. The van der Waals surface area contributed by atoms with Crippen molar-refractivity contribution in [2.45, 2.75) is 63.9 Å². The zero-order valence-corrected chi connectivity index (χ0v) is 13.2. The Morgan fingerprint density at radius 1 is 1.00 bits per heavy atom. The average molecular weight is 285 g/mol. The lowest BCUT2D eigenvalue weighted by Gasteiger charge is -2.02. The van der Waals surface area contributed by atoms with Gasteiger partial charge in [-0.2, -0.15) is 0 Å². The lowest BCUT2D eigenvalue weighted by Crippen LogP contribution is -2.06. The van der Waals surface area contributed by atoms with Crippen LogP contribution in [-0.4, -0.2) is 28.4 Å². The Labute approximate surface area is 125 Å². The number of nitrogens with one attached hydrogen (secondary N) is 1. The summed E-state index contributed by atoms with van der Waals surface area (Å²) in [6, 6.07) is 6.73. The zero-order chi connectivity index (χ0) is 14.8. The molecule has 0 bridgehead atoms. The number of benzene rings is 1. The number of hydrogen-bond donors (Lipinski definition) is 1. The van der Waals surface area contributed by atoms with E-state index in [-0.39, 0.29) is 11.2 Å². The smallest absolute Gasteiger partial charge is 0.0908 e. The van der Waals surface area contributed by atoms with Gasteiger partial charge in [-0.1, -0.05) is 12.1 Å². The molecule has 2 aliphatic rings. The lowest BCUT2D eigenvalue weighted by molar-refractivity contribution is 0.323. The number of aromatic amines is 1. The maximum absolute atomic E-state index is 5.70. The molecule has 4 rings (SSSR count). The van der Waals surface area contributed by atoms with Crippen LogP contribution in [-0.2, 0) is 22.3 Å². The van der Waals surface area contributed by atoms with Crippen LogP contribution in [0.25, 0.3) is 10.9 Å². The first kappa shape index (κ1) is 13.4. The van der Waals surface area contributed by atoms with Gasteiger partial charge in [0.15, 0.2) is 0 Å². The van der Waals surface area contributed by atoms with E-state index in [1.807, 2.05) is 0 Å². The molecule has 112 valence electrons. The Bertz CT molecular complexity index is 698. The van der Waals surface area contributed by atoms with E-state index in [0.29, 0.717) is 12.2 Å². The molecule has 2 saturated heterocycles. The highest BCUT2D eigenvalue weighted by atomic mass is 16.6. The molecule has 0 amide bonds. The number of ether oxygens (including phenoxy) is 2. The topological polar surface area (TPSA) is 40.8 Å². The summed E-state index contributed by atoms with van der Waals surface area (Å²) >= 11 is 0. The first-order valence-electron chi connectivity index (χ1n) is 7.80. The van der Waals surface area contributed by atoms with Gasteiger partial charge in [0.05, 0.1) is 23.4 Å². The van der Waals surface area contributed by atoms with Gasteiger partial charge in [0.1, 0.15) is 0 Å². The van der Waals surface area contributed by atoms with Crippen LogP contribution < -0.4 is 0 Å². The Morgan fingerprint density at radius 2 is 1.62 bits per heavy atom. The Balaban J connectivity index is 1.53. The summed E-state index contributed by atoms with van der Waals surface area (Å²) in [7, 11) is 0. The largest absolute Gasteiger partial charge is 0.366 e. The second-order valence-corrected chi connectivity index (χ2v) is 7.52. The maximum atomic E-state index is 5.70. The minimum Gasteiger partial charge on any atom is -0.366 e. The highest BCUT2D eigenvalue weighted by Crippen LogP contribution is 2.40. The zero-order valence-electron chi connectivity index (χ0n) is 13.2. The fourth-order valence-electron chi connectivity index (χ4n) is 3.18. The molecular weight excluding hydrogens is 262 g/mol. The molecule has 21 heavy (non-hydrogen) atoms. The molecule has 3 heteroatoms. The second kappa shape index (κ2) is 4.11. The molecule has 2 atom stereocenters. The van der Waals surface area contributed by atoms with Gasteiger partial charge in [-0.3, -0.25) is 0 Å². The molecule has 1 aromatic heterocycles. The summed E-state index contributed by atoms with van der Waals surface area (Å²) in [6.07, 6.45) is 4.84. The van der Waals surface area contributed by atoms with Gasteiger partial charge in [-0.15, -0.1) is 0 Å². The number of H-pyrrole nitrogens is 1. The van der Waals surface area contributed by atoms with E-state index in [2.05, 4.69) is 57.1 Å². The van der Waals surface area contributed by atoms with Crippen molar-refractivity contribution in [2.24, 2.45) is 0 Å². The molecular formula is C18H23NO2. The van der Waals surface area contributed by atoms with Crippen LogP contribution in [0.3, 0.4) is 0 Å². The van der Waals surface area contributed by atoms with E-state index in [9.17, 15) is 0 Å². The highest BCUT2D eigenvalue weighted by Gasteiger charge is 2.48. The Kier molecular flexibility index (Phi) is 2.61. The molecule has 3 heterocycles. The monoisotopic (exact) mass is 285 g/mol. The summed E-state index contributed by atoms with van der Waals surface area (Å²) in [4.78, 5) is 3.41. The van der Waals surface area contributed by atoms with Crippen molar-refractivity contribution in [1.29, 1.82) is 0 Å². The highest BCUT2D eigenvalue weighted by molar-refractivity contribution is 5.84. The van der Waals surface area contributed by atoms with Crippen molar-refractivity contribution >= 4 is 10.9 Å². The minimum atomic E-state index is 0.0540. The quantitative estimate of drug-likeness (QED) is 0.872. The number of hydrogen-bond acceptors (Lipinski definition) is 2. The van der Waals surface area contributed by atoms with E-state index in [1.165, 1.54) is 22.0 Å². The third-order valence-electron chi connectivity index (χ3n) is 4.99. The van der Waals surface area contributed by atoms with Gasteiger partial charge in [0.25, 0.3) is 0 Å². The summed E-state index contributed by atoms with van der Waals surface area (Å²) in [5.41, 5.74) is 4.03. The van der Waals surface area contributed by atoms with E-state index in [4.69, 9.17) is 9.47 Å². The third-order valence-corrected chi connectivity index (χ3v) is 4.99. The Hall–Kier alpha value is -1.32. The Morgan fingerprint density at radius 3 is 2.24 bits per heavy atom. The van der Waals surface area contributed by atoms with Crippen molar-refractivity contribution in [3.63, 3.8) is 0 Å². The minimum absolute atomic E-state index is 0.0540. The van der Waals surface area contributed by atoms with Crippen molar-refractivity contribution in [2.75, 3.05) is 0 Å². The van der Waals surface area contributed by atoms with Gasteiger partial charge < -0.3 is 14.5 Å². The summed E-state index contributed by atoms with van der Waals surface area (Å²) < 4.78 is 11.4. The standard InChI is InChI=1S/C18H23NO2/c1-17(2)15(20-17)8-11-5-6-13-12(10-19-14(13)7-11)9-16-18(3,4)21-16/h5-7,10,15-16,19H,8-9H2,1-4H3. The normalized spacial score (nSPS) is 28.8. The molecule has 0 radical (unpaired) electrons. The number of rotatable bonds is 4. The molecule has 1 aromatic carbocycles. The van der Waals surface area contributed by atoms with Crippen LogP contribution in [0.15, 0.2) is 24.4 Å². The molecule has 0 spiro atoms. The summed E-state index contributed by atoms with van der Waals surface area (Å²) in [6.45, 7) is 8.62. The first-order valence-corrected chi connectivity index (χ1v) is 7.80. The van der Waals surface area contributed by atoms with E-state index >= 15 is 0 Å². The van der Waals surface area contributed by atoms with Gasteiger partial charge >= 0.3 is 0 Å². The lowest BCUT2D eigenvalue weighted by atomic mass is 9.99. The van der Waals surface area contributed by atoms with Crippen LogP contribution in [0.4, 0.5) is 0 Å². The maximum Gasteiger partial charge on any atom is 0.0908 e. The molecule has 1 N–H and O–H groups in total. The molecule has 2 aliphatic heterocycles.